The smallest absolute Gasteiger partial charge is 0.303 e. The molecule has 2 unspecified atom stereocenters. The molecule has 0 aliphatic carbocycles. The van der Waals surface area contributed by atoms with Crippen LogP contribution in [0.2, 0.25) is 0 Å². The van der Waals surface area contributed by atoms with Crippen LogP contribution >= 0.6 is 0 Å². The van der Waals surface area contributed by atoms with Crippen molar-refractivity contribution in [2.45, 2.75) is 26.3 Å². The van der Waals surface area contributed by atoms with Gasteiger partial charge in [0.1, 0.15) is 5.75 Å². The fourth-order valence-electron chi connectivity index (χ4n) is 2.61. The molecule has 0 bridgehead atoms. The third-order valence-electron chi connectivity index (χ3n) is 3.35. The highest BCUT2D eigenvalue weighted by atomic mass is 16.5. The van der Waals surface area contributed by atoms with Crippen molar-refractivity contribution < 1.29 is 14.6 Å². The van der Waals surface area contributed by atoms with Crippen molar-refractivity contribution in [1.82, 2.24) is 4.90 Å². The predicted molar refractivity (Wildman–Crippen MR) is 75.6 cm³/mol. The first kappa shape index (κ1) is 15.5. The van der Waals surface area contributed by atoms with E-state index in [1.807, 2.05) is 40.1 Å². The Balaban J connectivity index is 3.05. The SMILES string of the molecule is COc1ccc(C(C(C)CC(=O)O)N(C)C)cc1C. The zero-order valence-electron chi connectivity index (χ0n) is 12.3. The highest BCUT2D eigenvalue weighted by Crippen LogP contribution is 2.31. The number of carbonyl (C=O) groups is 1. The van der Waals surface area contributed by atoms with E-state index in [9.17, 15) is 4.79 Å². The van der Waals surface area contributed by atoms with Gasteiger partial charge >= 0.3 is 5.97 Å². The van der Waals surface area contributed by atoms with Crippen LogP contribution in [0.5, 0.6) is 5.75 Å². The summed E-state index contributed by atoms with van der Waals surface area (Å²) in [4.78, 5) is 13.0. The van der Waals surface area contributed by atoms with Crippen LogP contribution < -0.4 is 4.74 Å². The average molecular weight is 265 g/mol. The maximum atomic E-state index is 10.9. The average Bonchev–Trinajstić information content (AvgIpc) is 2.27. The zero-order valence-corrected chi connectivity index (χ0v) is 12.3. The number of nitrogens with zero attached hydrogens (tertiary/aromatic N) is 1. The van der Waals surface area contributed by atoms with Gasteiger partial charge in [-0.15, -0.1) is 0 Å². The van der Waals surface area contributed by atoms with Crippen molar-refractivity contribution >= 4 is 5.97 Å². The number of aryl methyl sites for hydroxylation is 1. The van der Waals surface area contributed by atoms with Gasteiger partial charge in [-0.3, -0.25) is 4.79 Å². The van der Waals surface area contributed by atoms with Gasteiger partial charge in [-0.1, -0.05) is 19.1 Å². The van der Waals surface area contributed by atoms with E-state index in [1.54, 1.807) is 7.11 Å². The number of ether oxygens (including phenoxy) is 1. The highest BCUT2D eigenvalue weighted by molar-refractivity contribution is 5.67. The summed E-state index contributed by atoms with van der Waals surface area (Å²) in [6, 6.07) is 6.10. The first-order valence-corrected chi connectivity index (χ1v) is 6.39. The molecule has 1 aromatic carbocycles. The van der Waals surface area contributed by atoms with E-state index in [2.05, 4.69) is 11.0 Å². The molecular weight excluding hydrogens is 242 g/mol. The lowest BCUT2D eigenvalue weighted by Gasteiger charge is -2.30. The van der Waals surface area contributed by atoms with Gasteiger partial charge in [0.2, 0.25) is 0 Å². The topological polar surface area (TPSA) is 49.8 Å². The standard InChI is InChI=1S/C15H23NO3/c1-10-8-12(6-7-13(10)19-5)15(16(3)4)11(2)9-14(17)18/h6-8,11,15H,9H2,1-5H3,(H,17,18). The van der Waals surface area contributed by atoms with E-state index >= 15 is 0 Å². The monoisotopic (exact) mass is 265 g/mol. The fourth-order valence-corrected chi connectivity index (χ4v) is 2.61. The van der Waals surface area contributed by atoms with E-state index in [0.717, 1.165) is 16.9 Å². The van der Waals surface area contributed by atoms with Gasteiger partial charge in [0.15, 0.2) is 0 Å². The lowest BCUT2D eigenvalue weighted by molar-refractivity contribution is -0.138. The number of carboxylic acids is 1. The van der Waals surface area contributed by atoms with Gasteiger partial charge in [-0.05, 0) is 44.1 Å². The minimum atomic E-state index is -0.760. The third-order valence-corrected chi connectivity index (χ3v) is 3.35. The fraction of sp³-hybridized carbons (Fsp3) is 0.533. The van der Waals surface area contributed by atoms with Crippen LogP contribution in [0.3, 0.4) is 0 Å². The summed E-state index contributed by atoms with van der Waals surface area (Å²) in [5.41, 5.74) is 2.19. The molecule has 1 aromatic rings. The van der Waals surface area contributed by atoms with Gasteiger partial charge in [0.05, 0.1) is 7.11 Å². The number of rotatable bonds is 6. The van der Waals surface area contributed by atoms with Crippen molar-refractivity contribution in [3.63, 3.8) is 0 Å². The first-order valence-electron chi connectivity index (χ1n) is 6.39. The molecular formula is C15H23NO3. The molecule has 106 valence electrons. The highest BCUT2D eigenvalue weighted by Gasteiger charge is 2.24. The van der Waals surface area contributed by atoms with Crippen molar-refractivity contribution in [1.29, 1.82) is 0 Å². The van der Waals surface area contributed by atoms with Gasteiger partial charge in [-0.25, -0.2) is 0 Å². The lowest BCUT2D eigenvalue weighted by atomic mass is 9.90. The molecule has 0 aliphatic rings. The summed E-state index contributed by atoms with van der Waals surface area (Å²) in [7, 11) is 5.60. The van der Waals surface area contributed by atoms with E-state index < -0.39 is 5.97 Å². The second-order valence-corrected chi connectivity index (χ2v) is 5.21. The molecule has 4 heteroatoms. The van der Waals surface area contributed by atoms with Crippen molar-refractivity contribution in [3.8, 4) is 5.75 Å². The number of benzene rings is 1. The summed E-state index contributed by atoms with van der Waals surface area (Å²) in [5, 5.41) is 8.96. The summed E-state index contributed by atoms with van der Waals surface area (Å²) in [6.45, 7) is 3.97. The molecule has 1 rings (SSSR count). The summed E-state index contributed by atoms with van der Waals surface area (Å²) >= 11 is 0. The largest absolute Gasteiger partial charge is 0.496 e. The molecule has 4 nitrogen and oxygen atoms in total. The Morgan fingerprint density at radius 1 is 1.42 bits per heavy atom. The Morgan fingerprint density at radius 3 is 2.47 bits per heavy atom. The van der Waals surface area contributed by atoms with E-state index in [-0.39, 0.29) is 18.4 Å². The van der Waals surface area contributed by atoms with E-state index in [4.69, 9.17) is 9.84 Å². The van der Waals surface area contributed by atoms with E-state index in [1.165, 1.54) is 0 Å². The molecule has 0 saturated heterocycles. The van der Waals surface area contributed by atoms with Crippen molar-refractivity contribution in [3.05, 3.63) is 29.3 Å². The van der Waals surface area contributed by atoms with E-state index in [0.29, 0.717) is 0 Å². The molecule has 19 heavy (non-hydrogen) atoms. The number of aliphatic carboxylic acids is 1. The van der Waals surface area contributed by atoms with Gasteiger partial charge in [0.25, 0.3) is 0 Å². The lowest BCUT2D eigenvalue weighted by Crippen LogP contribution is -2.27. The number of carboxylic acid groups (broad SMARTS) is 1. The minimum absolute atomic E-state index is 0.0419. The minimum Gasteiger partial charge on any atom is -0.496 e. The van der Waals surface area contributed by atoms with Crippen molar-refractivity contribution in [2.75, 3.05) is 21.2 Å². The Labute approximate surface area is 115 Å². The summed E-state index contributed by atoms with van der Waals surface area (Å²) in [5.74, 6) is 0.136. The number of hydrogen-bond donors (Lipinski definition) is 1. The predicted octanol–water partition coefficient (Wildman–Crippen LogP) is 2.72. The van der Waals surface area contributed by atoms with Gasteiger partial charge in [-0.2, -0.15) is 0 Å². The molecule has 0 fully saturated rings. The quantitative estimate of drug-likeness (QED) is 0.859. The molecule has 0 radical (unpaired) electrons. The van der Waals surface area contributed by atoms with Gasteiger partial charge in [0, 0.05) is 12.5 Å². The zero-order chi connectivity index (χ0) is 14.6. The second-order valence-electron chi connectivity index (χ2n) is 5.21. The van der Waals surface area contributed by atoms with Crippen LogP contribution in [-0.2, 0) is 4.79 Å². The maximum absolute atomic E-state index is 10.9. The molecule has 0 heterocycles. The molecule has 0 spiro atoms. The molecule has 0 aliphatic heterocycles. The Kier molecular flexibility index (Phi) is 5.36. The molecule has 0 saturated carbocycles. The van der Waals surface area contributed by atoms with Crippen LogP contribution in [0.25, 0.3) is 0 Å². The summed E-state index contributed by atoms with van der Waals surface area (Å²) in [6.07, 6.45) is 0.161. The summed E-state index contributed by atoms with van der Waals surface area (Å²) < 4.78 is 5.26. The number of methoxy groups -OCH3 is 1. The normalized spacial score (nSPS) is 14.2. The number of hydrogen-bond acceptors (Lipinski definition) is 3. The second kappa shape index (κ2) is 6.57. The Morgan fingerprint density at radius 2 is 2.05 bits per heavy atom. The van der Waals surface area contributed by atoms with Crippen molar-refractivity contribution in [2.24, 2.45) is 5.92 Å². The Bertz CT molecular complexity index is 443. The molecule has 0 aromatic heterocycles. The van der Waals surface area contributed by atoms with Crippen LogP contribution in [0.4, 0.5) is 0 Å². The van der Waals surface area contributed by atoms with Crippen LogP contribution in [0.1, 0.15) is 30.5 Å². The third kappa shape index (κ3) is 3.96. The Hall–Kier alpha value is -1.55. The molecule has 0 amide bonds. The van der Waals surface area contributed by atoms with Crippen LogP contribution in [0.15, 0.2) is 18.2 Å². The first-order chi connectivity index (χ1) is 8.86. The van der Waals surface area contributed by atoms with Gasteiger partial charge < -0.3 is 14.7 Å². The molecule has 1 N–H and O–H groups in total. The molecule has 2 atom stereocenters. The van der Waals surface area contributed by atoms with Crippen LogP contribution in [-0.4, -0.2) is 37.2 Å². The van der Waals surface area contributed by atoms with Crippen LogP contribution in [0, 0.1) is 12.8 Å². The maximum Gasteiger partial charge on any atom is 0.303 e.